The van der Waals surface area contributed by atoms with Crippen molar-refractivity contribution in [3.63, 3.8) is 0 Å². The summed E-state index contributed by atoms with van der Waals surface area (Å²) in [6.45, 7) is -0.377. The fourth-order valence-corrected chi connectivity index (χ4v) is 4.98. The molecular weight excluding hydrogens is 719 g/mol. The summed E-state index contributed by atoms with van der Waals surface area (Å²) >= 11 is 5.41. The van der Waals surface area contributed by atoms with Crippen molar-refractivity contribution in [2.45, 2.75) is 24.4 Å². The molecule has 1 N–H and O–H groups in total. The number of nitrogens with one attached hydrogen (secondary N) is 1. The third-order valence-electron chi connectivity index (χ3n) is 5.61. The lowest BCUT2D eigenvalue weighted by Crippen LogP contribution is -2.50. The molecule has 42 heavy (non-hydrogen) atoms. The van der Waals surface area contributed by atoms with E-state index < -0.39 is 72.9 Å². The SMILES string of the molecule is N#CCCN(C(=O)c1ccc(F)cn1)c1cccc(C(=O)Nc2c(Br)cc(C(F)(C(F)(F)F)C(F)(F)F)cc2Br)c1F. The zero-order chi connectivity index (χ0) is 31.6. The molecule has 222 valence electrons. The predicted octanol–water partition coefficient (Wildman–Crippen LogP) is 7.99. The molecule has 0 aliphatic carbocycles. The Morgan fingerprint density at radius 1 is 0.952 bits per heavy atom. The molecule has 0 atom stereocenters. The van der Waals surface area contributed by atoms with E-state index in [1.807, 2.05) is 0 Å². The molecule has 0 saturated heterocycles. The van der Waals surface area contributed by atoms with E-state index in [-0.39, 0.29) is 30.8 Å². The Morgan fingerprint density at radius 2 is 1.55 bits per heavy atom. The summed E-state index contributed by atoms with van der Waals surface area (Å²) in [4.78, 5) is 30.4. The van der Waals surface area contributed by atoms with Gasteiger partial charge in [0.2, 0.25) is 0 Å². The summed E-state index contributed by atoms with van der Waals surface area (Å²) in [6.07, 6.45) is -12.3. The van der Waals surface area contributed by atoms with Crippen LogP contribution in [0.1, 0.15) is 32.8 Å². The number of amides is 2. The quantitative estimate of drug-likeness (QED) is 0.250. The predicted molar refractivity (Wildman–Crippen MR) is 137 cm³/mol. The summed E-state index contributed by atoms with van der Waals surface area (Å²) in [5.74, 6) is -4.29. The highest BCUT2D eigenvalue weighted by Crippen LogP contribution is 2.54. The minimum absolute atomic E-state index is 0.159. The van der Waals surface area contributed by atoms with E-state index in [2.05, 4.69) is 42.2 Å². The lowest BCUT2D eigenvalue weighted by Gasteiger charge is -2.31. The van der Waals surface area contributed by atoms with Gasteiger partial charge in [-0.3, -0.25) is 9.59 Å². The van der Waals surface area contributed by atoms with Crippen LogP contribution < -0.4 is 10.2 Å². The molecule has 0 unspecified atom stereocenters. The van der Waals surface area contributed by atoms with Crippen molar-refractivity contribution >= 4 is 55.0 Å². The zero-order valence-electron chi connectivity index (χ0n) is 20.3. The molecule has 1 aromatic heterocycles. The van der Waals surface area contributed by atoms with Gasteiger partial charge in [-0.2, -0.15) is 31.6 Å². The van der Waals surface area contributed by atoms with Gasteiger partial charge in [-0.1, -0.05) is 6.07 Å². The molecule has 2 aromatic carbocycles. The van der Waals surface area contributed by atoms with Crippen LogP contribution in [0.25, 0.3) is 0 Å². The van der Waals surface area contributed by atoms with Gasteiger partial charge in [0.05, 0.1) is 35.6 Å². The number of benzene rings is 2. The van der Waals surface area contributed by atoms with Crippen LogP contribution in [0.15, 0.2) is 57.6 Å². The molecule has 0 aliphatic rings. The molecule has 1 heterocycles. The van der Waals surface area contributed by atoms with E-state index in [0.717, 1.165) is 41.4 Å². The van der Waals surface area contributed by atoms with Crippen molar-refractivity contribution < 1.29 is 49.1 Å². The Morgan fingerprint density at radius 3 is 2.05 bits per heavy atom. The monoisotopic (exact) mass is 730 g/mol. The third kappa shape index (κ3) is 6.38. The van der Waals surface area contributed by atoms with E-state index in [1.165, 1.54) is 0 Å². The van der Waals surface area contributed by atoms with Gasteiger partial charge in [0.25, 0.3) is 11.8 Å². The van der Waals surface area contributed by atoms with Crippen LogP contribution in [0.2, 0.25) is 0 Å². The highest BCUT2D eigenvalue weighted by Gasteiger charge is 2.73. The normalized spacial score (nSPS) is 12.0. The maximum atomic E-state index is 15.6. The number of halogens is 11. The number of pyridine rings is 1. The number of hydrogen-bond donors (Lipinski definition) is 1. The molecule has 0 fully saturated rings. The number of aromatic nitrogens is 1. The number of alkyl halides is 7. The molecule has 3 aromatic rings. The summed E-state index contributed by atoms with van der Waals surface area (Å²) in [5.41, 5.74) is -9.64. The van der Waals surface area contributed by atoms with Crippen molar-refractivity contribution in [3.05, 3.63) is 86.1 Å². The van der Waals surface area contributed by atoms with Crippen LogP contribution in [-0.4, -0.2) is 35.7 Å². The van der Waals surface area contributed by atoms with E-state index >= 15 is 4.39 Å². The number of nitriles is 1. The standard InChI is InChI=1S/C25H13Br2F9N4O2/c26-15-9-12(23(30,24(31,32)33)25(34,35)36)10-16(27)20(15)39-21(41)14-3-1-4-18(19(14)29)40(8-2-7-37)22(42)17-6-5-13(28)11-38-17/h1,3-6,9-11H,2,8H2,(H,39,41). The molecule has 2 amide bonds. The summed E-state index contributed by atoms with van der Waals surface area (Å²) in [6, 6.07) is 7.19. The van der Waals surface area contributed by atoms with Gasteiger partial charge in [0.1, 0.15) is 11.5 Å². The van der Waals surface area contributed by atoms with E-state index in [4.69, 9.17) is 5.26 Å². The minimum atomic E-state index is -6.39. The van der Waals surface area contributed by atoms with Crippen molar-refractivity contribution in [1.82, 2.24) is 4.98 Å². The smallest absolute Gasteiger partial charge is 0.320 e. The Labute approximate surface area is 247 Å². The maximum absolute atomic E-state index is 15.6. The Balaban J connectivity index is 2.01. The van der Waals surface area contributed by atoms with E-state index in [1.54, 1.807) is 6.07 Å². The number of anilines is 2. The fourth-order valence-electron chi connectivity index (χ4n) is 3.60. The molecule has 17 heteroatoms. The first kappa shape index (κ1) is 32.9. The first-order valence-corrected chi connectivity index (χ1v) is 12.7. The molecule has 0 bridgehead atoms. The van der Waals surface area contributed by atoms with Crippen molar-refractivity contribution in [2.24, 2.45) is 0 Å². The zero-order valence-corrected chi connectivity index (χ0v) is 23.5. The second kappa shape index (κ2) is 12.3. The van der Waals surface area contributed by atoms with Crippen LogP contribution in [0.4, 0.5) is 50.9 Å². The number of hydrogen-bond acceptors (Lipinski definition) is 4. The summed E-state index contributed by atoms with van der Waals surface area (Å²) in [7, 11) is 0. The average Bonchev–Trinajstić information content (AvgIpc) is 2.90. The molecule has 0 spiro atoms. The lowest BCUT2D eigenvalue weighted by molar-refractivity contribution is -0.348. The minimum Gasteiger partial charge on any atom is -0.320 e. The van der Waals surface area contributed by atoms with Crippen LogP contribution in [-0.2, 0) is 5.67 Å². The summed E-state index contributed by atoms with van der Waals surface area (Å²) in [5, 5.41) is 11.1. The second-order valence-electron chi connectivity index (χ2n) is 8.29. The average molecular weight is 732 g/mol. The number of carbonyl (C=O) groups excluding carboxylic acids is 2. The highest BCUT2D eigenvalue weighted by atomic mass is 79.9. The fraction of sp³-hybridized carbons (Fsp3) is 0.200. The van der Waals surface area contributed by atoms with Gasteiger partial charge in [0, 0.05) is 21.1 Å². The second-order valence-corrected chi connectivity index (χ2v) is 10.00. The first-order valence-electron chi connectivity index (χ1n) is 11.2. The number of carbonyl (C=O) groups is 2. The first-order chi connectivity index (χ1) is 19.4. The maximum Gasteiger partial charge on any atom is 0.435 e. The van der Waals surface area contributed by atoms with Gasteiger partial charge in [-0.15, -0.1) is 0 Å². The summed E-state index contributed by atoms with van der Waals surface area (Å²) < 4.78 is 121. The van der Waals surface area contributed by atoms with Crippen LogP contribution in [0.3, 0.4) is 0 Å². The molecule has 0 aliphatic heterocycles. The van der Waals surface area contributed by atoms with Gasteiger partial charge in [0.15, 0.2) is 5.82 Å². The molecule has 6 nitrogen and oxygen atoms in total. The topological polar surface area (TPSA) is 86.1 Å². The third-order valence-corrected chi connectivity index (χ3v) is 6.86. The van der Waals surface area contributed by atoms with Crippen LogP contribution in [0, 0.1) is 23.0 Å². The van der Waals surface area contributed by atoms with E-state index in [9.17, 15) is 44.7 Å². The van der Waals surface area contributed by atoms with Gasteiger partial charge >= 0.3 is 18.0 Å². The number of nitrogens with zero attached hydrogens (tertiary/aromatic N) is 3. The Bertz CT molecular complexity index is 1520. The van der Waals surface area contributed by atoms with Crippen LogP contribution >= 0.6 is 31.9 Å². The van der Waals surface area contributed by atoms with Crippen molar-refractivity contribution in [2.75, 3.05) is 16.8 Å². The molecule has 0 saturated carbocycles. The lowest BCUT2D eigenvalue weighted by atomic mass is 9.94. The van der Waals surface area contributed by atoms with Gasteiger partial charge in [-0.05, 0) is 68.3 Å². The van der Waals surface area contributed by atoms with E-state index in [0.29, 0.717) is 0 Å². The Kier molecular flexibility index (Phi) is 9.62. The van der Waals surface area contributed by atoms with Crippen molar-refractivity contribution in [1.29, 1.82) is 5.26 Å². The Hall–Kier alpha value is -3.65. The highest BCUT2D eigenvalue weighted by molar-refractivity contribution is 9.11. The molecular formula is C25H13Br2F9N4O2. The van der Waals surface area contributed by atoms with Crippen LogP contribution in [0.5, 0.6) is 0 Å². The van der Waals surface area contributed by atoms with Gasteiger partial charge < -0.3 is 10.2 Å². The molecule has 3 rings (SSSR count). The number of rotatable bonds is 7. The van der Waals surface area contributed by atoms with Crippen molar-refractivity contribution in [3.8, 4) is 6.07 Å². The largest absolute Gasteiger partial charge is 0.435 e. The van der Waals surface area contributed by atoms with Gasteiger partial charge in [-0.25, -0.2) is 18.2 Å². The molecule has 0 radical (unpaired) electrons.